The van der Waals surface area contributed by atoms with Gasteiger partial charge in [0.1, 0.15) is 17.5 Å². The Morgan fingerprint density at radius 3 is 2.05 bits per heavy atom. The van der Waals surface area contributed by atoms with Gasteiger partial charge in [-0.05, 0) is 25.0 Å². The van der Waals surface area contributed by atoms with Crippen LogP contribution in [0.4, 0.5) is 0 Å². The number of nitrogens with one attached hydrogen (secondary N) is 2. The fourth-order valence-electron chi connectivity index (χ4n) is 1.98. The van der Waals surface area contributed by atoms with E-state index in [0.29, 0.717) is 23.6 Å². The molecule has 0 bridgehead atoms. The van der Waals surface area contributed by atoms with Crippen molar-refractivity contribution >= 4 is 11.8 Å². The molecule has 2 amide bonds. The van der Waals surface area contributed by atoms with Crippen LogP contribution < -0.4 is 20.1 Å². The maximum atomic E-state index is 12.4. The van der Waals surface area contributed by atoms with Gasteiger partial charge in [-0.1, -0.05) is 13.8 Å². The van der Waals surface area contributed by atoms with Crippen molar-refractivity contribution in [3.05, 3.63) is 23.8 Å². The molecule has 1 aromatic carbocycles. The van der Waals surface area contributed by atoms with Crippen LogP contribution in [0.2, 0.25) is 0 Å². The second-order valence-electron chi connectivity index (χ2n) is 5.19. The lowest BCUT2D eigenvalue weighted by molar-refractivity contribution is -0.123. The number of amides is 2. The second-order valence-corrected chi connectivity index (χ2v) is 5.19. The lowest BCUT2D eigenvalue weighted by atomic mass is 10.0. The summed E-state index contributed by atoms with van der Waals surface area (Å²) in [6, 6.07) is 4.30. The first-order valence-corrected chi connectivity index (χ1v) is 7.24. The summed E-state index contributed by atoms with van der Waals surface area (Å²) in [6.07, 6.45) is 0. The number of hydrogen-bond acceptors (Lipinski definition) is 4. The van der Waals surface area contributed by atoms with Gasteiger partial charge in [0.2, 0.25) is 5.91 Å². The third-order valence-electron chi connectivity index (χ3n) is 3.20. The summed E-state index contributed by atoms with van der Waals surface area (Å²) in [5.41, 5.74) is 0.381. The minimum atomic E-state index is -0.593. The number of benzene rings is 1. The molecule has 0 aliphatic heterocycles. The lowest BCUT2D eigenvalue weighted by Crippen LogP contribution is -2.49. The van der Waals surface area contributed by atoms with E-state index in [1.54, 1.807) is 18.2 Å². The van der Waals surface area contributed by atoms with Gasteiger partial charge in [-0.15, -0.1) is 0 Å². The third kappa shape index (κ3) is 4.65. The van der Waals surface area contributed by atoms with Crippen LogP contribution in [0, 0.1) is 5.92 Å². The number of likely N-dealkylation sites (N-methyl/N-ethyl adjacent to an activating group) is 1. The van der Waals surface area contributed by atoms with Crippen molar-refractivity contribution in [1.82, 2.24) is 10.6 Å². The SMILES string of the molecule is CCNC(=O)C(NC(=O)c1cc(OC)cc(OC)c1)C(C)C. The van der Waals surface area contributed by atoms with E-state index in [9.17, 15) is 9.59 Å². The molecule has 0 aliphatic carbocycles. The average Bonchev–Trinajstić information content (AvgIpc) is 2.51. The lowest BCUT2D eigenvalue weighted by Gasteiger charge is -2.21. The Morgan fingerprint density at radius 1 is 1.09 bits per heavy atom. The predicted octanol–water partition coefficient (Wildman–Crippen LogP) is 1.59. The molecule has 1 atom stereocenters. The van der Waals surface area contributed by atoms with Gasteiger partial charge in [0.15, 0.2) is 0 Å². The van der Waals surface area contributed by atoms with Crippen LogP contribution in [0.15, 0.2) is 18.2 Å². The zero-order valence-electron chi connectivity index (χ0n) is 13.7. The molecule has 0 aliphatic rings. The maximum Gasteiger partial charge on any atom is 0.252 e. The van der Waals surface area contributed by atoms with Gasteiger partial charge in [0.05, 0.1) is 14.2 Å². The van der Waals surface area contributed by atoms with Crippen LogP contribution in [-0.4, -0.2) is 38.6 Å². The molecular weight excluding hydrogens is 284 g/mol. The monoisotopic (exact) mass is 308 g/mol. The molecule has 0 heterocycles. The Kier molecular flexibility index (Phi) is 6.69. The minimum Gasteiger partial charge on any atom is -0.497 e. The number of rotatable bonds is 7. The van der Waals surface area contributed by atoms with Gasteiger partial charge in [-0.2, -0.15) is 0 Å². The van der Waals surface area contributed by atoms with Crippen molar-refractivity contribution < 1.29 is 19.1 Å². The van der Waals surface area contributed by atoms with Gasteiger partial charge in [0.25, 0.3) is 5.91 Å². The smallest absolute Gasteiger partial charge is 0.252 e. The van der Waals surface area contributed by atoms with E-state index in [4.69, 9.17) is 9.47 Å². The normalized spacial score (nSPS) is 11.7. The molecule has 2 N–H and O–H groups in total. The van der Waals surface area contributed by atoms with Crippen molar-refractivity contribution in [2.24, 2.45) is 5.92 Å². The highest BCUT2D eigenvalue weighted by Crippen LogP contribution is 2.22. The van der Waals surface area contributed by atoms with Gasteiger partial charge in [-0.3, -0.25) is 9.59 Å². The highest BCUT2D eigenvalue weighted by molar-refractivity contribution is 5.98. The Labute approximate surface area is 131 Å². The molecule has 0 aromatic heterocycles. The average molecular weight is 308 g/mol. The van der Waals surface area contributed by atoms with Crippen molar-refractivity contribution in [2.75, 3.05) is 20.8 Å². The van der Waals surface area contributed by atoms with E-state index >= 15 is 0 Å². The fourth-order valence-corrected chi connectivity index (χ4v) is 1.98. The first-order chi connectivity index (χ1) is 10.4. The number of hydrogen-bond donors (Lipinski definition) is 2. The van der Waals surface area contributed by atoms with E-state index in [2.05, 4.69) is 10.6 Å². The number of ether oxygens (including phenoxy) is 2. The van der Waals surface area contributed by atoms with Gasteiger partial charge in [0, 0.05) is 18.2 Å². The molecule has 0 saturated heterocycles. The van der Waals surface area contributed by atoms with Gasteiger partial charge in [-0.25, -0.2) is 0 Å². The molecule has 1 aromatic rings. The fraction of sp³-hybridized carbons (Fsp3) is 0.500. The van der Waals surface area contributed by atoms with Gasteiger partial charge >= 0.3 is 0 Å². The quantitative estimate of drug-likeness (QED) is 0.802. The van der Waals surface area contributed by atoms with Crippen LogP contribution >= 0.6 is 0 Å². The van der Waals surface area contributed by atoms with Crippen molar-refractivity contribution in [1.29, 1.82) is 0 Å². The summed E-state index contributed by atoms with van der Waals surface area (Å²) in [6.45, 7) is 6.12. The number of carbonyl (C=O) groups excluding carboxylic acids is 2. The van der Waals surface area contributed by atoms with Crippen LogP contribution in [0.5, 0.6) is 11.5 Å². The molecule has 122 valence electrons. The maximum absolute atomic E-state index is 12.4. The first kappa shape index (κ1) is 17.8. The topological polar surface area (TPSA) is 76.7 Å². The Hall–Kier alpha value is -2.24. The zero-order valence-corrected chi connectivity index (χ0v) is 13.7. The van der Waals surface area contributed by atoms with E-state index in [1.165, 1.54) is 14.2 Å². The molecular formula is C16H24N2O4. The molecule has 1 rings (SSSR count). The van der Waals surface area contributed by atoms with Crippen molar-refractivity contribution in [3.63, 3.8) is 0 Å². The van der Waals surface area contributed by atoms with E-state index in [0.717, 1.165) is 0 Å². The van der Waals surface area contributed by atoms with Crippen LogP contribution in [-0.2, 0) is 4.79 Å². The largest absolute Gasteiger partial charge is 0.497 e. The van der Waals surface area contributed by atoms with E-state index in [1.807, 2.05) is 20.8 Å². The molecule has 0 saturated carbocycles. The first-order valence-electron chi connectivity index (χ1n) is 7.24. The summed E-state index contributed by atoms with van der Waals surface area (Å²) < 4.78 is 10.3. The Bertz CT molecular complexity index is 507. The standard InChI is InChI=1S/C16H24N2O4/c1-6-17-16(20)14(10(2)3)18-15(19)11-7-12(21-4)9-13(8-11)22-5/h7-10,14H,6H2,1-5H3,(H,17,20)(H,18,19). The van der Waals surface area contributed by atoms with E-state index < -0.39 is 6.04 Å². The summed E-state index contributed by atoms with van der Waals surface area (Å²) >= 11 is 0. The minimum absolute atomic E-state index is 0.0250. The molecule has 6 nitrogen and oxygen atoms in total. The Balaban J connectivity index is 2.96. The van der Waals surface area contributed by atoms with Crippen molar-refractivity contribution in [3.8, 4) is 11.5 Å². The number of carbonyl (C=O) groups is 2. The van der Waals surface area contributed by atoms with E-state index in [-0.39, 0.29) is 17.7 Å². The second kappa shape index (κ2) is 8.26. The van der Waals surface area contributed by atoms with Crippen LogP contribution in [0.3, 0.4) is 0 Å². The molecule has 1 unspecified atom stereocenters. The zero-order chi connectivity index (χ0) is 16.7. The van der Waals surface area contributed by atoms with Gasteiger partial charge < -0.3 is 20.1 Å². The molecule has 0 spiro atoms. The molecule has 0 fully saturated rings. The summed E-state index contributed by atoms with van der Waals surface area (Å²) in [4.78, 5) is 24.4. The third-order valence-corrected chi connectivity index (χ3v) is 3.20. The highest BCUT2D eigenvalue weighted by Gasteiger charge is 2.24. The predicted molar refractivity (Wildman–Crippen MR) is 84.3 cm³/mol. The summed E-state index contributed by atoms with van der Waals surface area (Å²) in [5, 5.41) is 5.48. The molecule has 22 heavy (non-hydrogen) atoms. The highest BCUT2D eigenvalue weighted by atomic mass is 16.5. The van der Waals surface area contributed by atoms with Crippen molar-refractivity contribution in [2.45, 2.75) is 26.8 Å². The summed E-state index contributed by atoms with van der Waals surface area (Å²) in [7, 11) is 3.03. The molecule has 6 heteroatoms. The Morgan fingerprint density at radius 2 is 1.64 bits per heavy atom. The number of methoxy groups -OCH3 is 2. The van der Waals surface area contributed by atoms with Crippen LogP contribution in [0.1, 0.15) is 31.1 Å². The summed E-state index contributed by atoms with van der Waals surface area (Å²) in [5.74, 6) is 0.470. The van der Waals surface area contributed by atoms with Crippen LogP contribution in [0.25, 0.3) is 0 Å². The molecule has 0 radical (unpaired) electrons.